The first-order valence-electron chi connectivity index (χ1n) is 9.25. The molecule has 46 heavy (non-hydrogen) atoms. The van der Waals surface area contributed by atoms with E-state index >= 15 is 0 Å². The molecule has 0 radical (unpaired) electrons. The van der Waals surface area contributed by atoms with E-state index in [1.807, 2.05) is 0 Å². The predicted molar refractivity (Wildman–Crippen MR) is 131 cm³/mol. The van der Waals surface area contributed by atoms with Gasteiger partial charge in [0.2, 0.25) is 0 Å². The van der Waals surface area contributed by atoms with Crippen LogP contribution < -0.4 is 0 Å². The third-order valence-electron chi connectivity index (χ3n) is 4.19. The second-order valence-electron chi connectivity index (χ2n) is 7.04. The molecule has 1 atom stereocenters. The van der Waals surface area contributed by atoms with Gasteiger partial charge in [0.1, 0.15) is 0 Å². The highest BCUT2D eigenvalue weighted by atomic mass is 32.3. The zero-order valence-electron chi connectivity index (χ0n) is 21.3. The van der Waals surface area contributed by atoms with Crippen LogP contribution >= 0.6 is 0 Å². The van der Waals surface area contributed by atoms with Gasteiger partial charge < -0.3 is 17.8 Å². The van der Waals surface area contributed by atoms with Crippen molar-refractivity contribution in [2.24, 2.45) is 0 Å². The molecule has 0 heterocycles. The minimum absolute atomic E-state index is 0.776. The van der Waals surface area contributed by atoms with Crippen LogP contribution in [0.4, 0.5) is 0 Å². The summed E-state index contributed by atoms with van der Waals surface area (Å²) < 4.78 is 219. The van der Waals surface area contributed by atoms with Crippen molar-refractivity contribution in [1.82, 2.24) is 0 Å². The largest absolute Gasteiger partial charge is 0.469 e. The van der Waals surface area contributed by atoms with Crippen molar-refractivity contribution in [2.45, 2.75) is 19.8 Å². The van der Waals surface area contributed by atoms with E-state index in [0.29, 0.717) is 0 Å². The quantitative estimate of drug-likeness (QED) is 0.0670. The lowest BCUT2D eigenvalue weighted by Crippen LogP contribution is -2.77. The highest BCUT2D eigenvalue weighted by molar-refractivity contribution is 8.14. The Labute approximate surface area is 256 Å². The molecule has 0 aliphatic carbocycles. The predicted octanol–water partition coefficient (Wildman–Crippen LogP) is -6.40. The average Bonchev–Trinajstić information content (AvgIpc) is 2.73. The van der Waals surface area contributed by atoms with Crippen molar-refractivity contribution in [3.05, 3.63) is 0 Å². The summed E-state index contributed by atoms with van der Waals surface area (Å²) in [7, 11) is -47.2. The van der Waals surface area contributed by atoms with Crippen LogP contribution in [0.15, 0.2) is 0 Å². The summed E-state index contributed by atoms with van der Waals surface area (Å²) in [4.78, 5) is 45.5. The first-order chi connectivity index (χ1) is 19.8. The fourth-order valence-corrected chi connectivity index (χ4v) is 11.5. The van der Waals surface area contributed by atoms with Crippen LogP contribution in [0.2, 0.25) is 0 Å². The molecule has 0 amide bonds. The maximum Gasteiger partial charge on any atom is 0.449 e. The van der Waals surface area contributed by atoms with E-state index in [4.69, 9.17) is 31.9 Å². The first kappa shape index (κ1) is 45.4. The molecule has 0 spiro atoms. The Morgan fingerprint density at radius 1 is 0.522 bits per heavy atom. The van der Waals surface area contributed by atoms with E-state index in [2.05, 4.69) is 17.8 Å². The van der Waals surface area contributed by atoms with Gasteiger partial charge in [-0.25, -0.2) is 9.59 Å². The normalized spacial score (nSPS) is 14.5. The SMILES string of the molecule is COC(=O)CC(C(=O)OC)S(=O)(=O)O.O=C(OS(=O)(=O)O)C(C(C(=O)OS(=O)(=O)O)(S(=O)(=O)O)S(=O)(=O)O)(S(=O)(=O)O)S(=O)(=O)O. The van der Waals surface area contributed by atoms with Crippen LogP contribution in [-0.2, 0) is 108 Å². The molecule has 0 saturated heterocycles. The maximum atomic E-state index is 12.0. The molecule has 272 valence electrons. The molecule has 0 aromatic rings. The monoisotopic (exact) mass is 824 g/mol. The minimum atomic E-state index is -7.82. The van der Waals surface area contributed by atoms with E-state index in [9.17, 15) is 78.1 Å². The lowest BCUT2D eigenvalue weighted by atomic mass is 10.3. The summed E-state index contributed by atoms with van der Waals surface area (Å²) in [6, 6.07) is 0. The molecule has 7 N–H and O–H groups in total. The van der Waals surface area contributed by atoms with Gasteiger partial charge in [-0.15, -0.1) is 0 Å². The highest BCUT2D eigenvalue weighted by Crippen LogP contribution is 2.46. The Balaban J connectivity index is 0. The molecule has 0 bridgehead atoms. The van der Waals surface area contributed by atoms with Gasteiger partial charge in [0, 0.05) is 0 Å². The third-order valence-corrected chi connectivity index (χ3v) is 13.8. The van der Waals surface area contributed by atoms with Crippen LogP contribution in [-0.4, -0.2) is 142 Å². The van der Waals surface area contributed by atoms with E-state index in [-0.39, 0.29) is 0 Å². The number of carbonyl (C=O) groups is 4. The van der Waals surface area contributed by atoms with Gasteiger partial charge in [-0.1, -0.05) is 0 Å². The molecule has 0 aromatic carbocycles. The molecule has 0 fully saturated rings. The van der Waals surface area contributed by atoms with Gasteiger partial charge in [0.05, 0.1) is 20.6 Å². The Bertz CT molecular complexity index is 1830. The van der Waals surface area contributed by atoms with Crippen LogP contribution in [0.1, 0.15) is 6.42 Å². The lowest BCUT2D eigenvalue weighted by molar-refractivity contribution is -0.146. The van der Waals surface area contributed by atoms with Crippen molar-refractivity contribution in [3.63, 3.8) is 0 Å². The topological polar surface area (TPSA) is 486 Å². The second kappa shape index (κ2) is 14.2. The van der Waals surface area contributed by atoms with Crippen molar-refractivity contribution < 1.29 is 128 Å². The van der Waals surface area contributed by atoms with Crippen LogP contribution in [0.3, 0.4) is 0 Å². The van der Waals surface area contributed by atoms with Crippen molar-refractivity contribution >= 4 is 95.3 Å². The number of carbonyl (C=O) groups excluding carboxylic acids is 4. The number of ether oxygens (including phenoxy) is 2. The third kappa shape index (κ3) is 9.88. The van der Waals surface area contributed by atoms with Crippen LogP contribution in [0, 0.1) is 0 Å². The van der Waals surface area contributed by atoms with Crippen LogP contribution in [0.25, 0.3) is 0 Å². The van der Waals surface area contributed by atoms with Crippen molar-refractivity contribution in [1.29, 1.82) is 0 Å². The number of hydrogen-bond acceptors (Lipinski definition) is 22. The van der Waals surface area contributed by atoms with Gasteiger partial charge in [0.15, 0.2) is 5.25 Å². The molecular formula is C10H16O29S7. The lowest BCUT2D eigenvalue weighted by Gasteiger charge is -2.35. The first-order valence-corrected chi connectivity index (χ1v) is 19.2. The van der Waals surface area contributed by atoms with Crippen LogP contribution in [0.5, 0.6) is 0 Å². The average molecular weight is 825 g/mol. The van der Waals surface area contributed by atoms with Gasteiger partial charge in [-0.3, -0.25) is 41.5 Å². The molecule has 0 aliphatic rings. The Kier molecular flexibility index (Phi) is 14.0. The molecular weight excluding hydrogens is 809 g/mol. The van der Waals surface area contributed by atoms with Gasteiger partial charge in [0.25, 0.3) is 10.1 Å². The van der Waals surface area contributed by atoms with Gasteiger partial charge >= 0.3 is 93.3 Å². The van der Waals surface area contributed by atoms with Gasteiger partial charge in [-0.05, 0) is 0 Å². The number of esters is 2. The van der Waals surface area contributed by atoms with Gasteiger partial charge in [-0.2, -0.15) is 58.9 Å². The molecule has 0 saturated carbocycles. The van der Waals surface area contributed by atoms with E-state index in [0.717, 1.165) is 14.2 Å². The summed E-state index contributed by atoms with van der Waals surface area (Å²) in [6.07, 6.45) is -0.776. The molecule has 0 aromatic heterocycles. The van der Waals surface area contributed by atoms with Crippen molar-refractivity contribution in [2.75, 3.05) is 14.2 Å². The van der Waals surface area contributed by atoms with E-state index < -0.39 is 115 Å². The maximum absolute atomic E-state index is 12.0. The fraction of sp³-hybridized carbons (Fsp3) is 0.600. The molecule has 36 heteroatoms. The standard InChI is InChI=1S/C6H10O7S.C4H6O22S6/c1-12-5(7)3-4(6(8)13-2)14(9,10)11;5-1(25-31(19,20)21)3(27(7,8)9,28(10,11)12)4(29(13,14)15,30(16,17)18)2(6)26-32(22,23)24/h4H,3H2,1-2H3,(H,9,10,11);(H,7,8,9)(H,10,11,12)(H,13,14,15)(H,16,17,18)(H,19,20,21)(H,22,23,24). The highest BCUT2D eigenvalue weighted by Gasteiger charge is 2.91. The minimum Gasteiger partial charge on any atom is -0.469 e. The molecule has 1 unspecified atom stereocenters. The summed E-state index contributed by atoms with van der Waals surface area (Å²) in [5.74, 6) is -10.6. The van der Waals surface area contributed by atoms with Crippen molar-refractivity contribution in [3.8, 4) is 0 Å². The number of hydrogen-bond donors (Lipinski definition) is 7. The summed E-state index contributed by atoms with van der Waals surface area (Å²) >= 11 is 0. The fourth-order valence-electron chi connectivity index (χ4n) is 2.61. The van der Waals surface area contributed by atoms with E-state index in [1.165, 1.54) is 0 Å². The Morgan fingerprint density at radius 3 is 0.935 bits per heavy atom. The smallest absolute Gasteiger partial charge is 0.449 e. The zero-order chi connectivity index (χ0) is 37.9. The molecule has 29 nitrogen and oxygen atoms in total. The Hall–Kier alpha value is -2.75. The summed E-state index contributed by atoms with van der Waals surface area (Å²) in [6.45, 7) is 0. The molecule has 0 rings (SSSR count). The summed E-state index contributed by atoms with van der Waals surface area (Å²) in [5, 5.41) is -1.93. The summed E-state index contributed by atoms with van der Waals surface area (Å²) in [5.41, 5.74) is 0. The Morgan fingerprint density at radius 2 is 0.783 bits per heavy atom. The molecule has 0 aliphatic heterocycles. The van der Waals surface area contributed by atoms with E-state index in [1.54, 1.807) is 0 Å². The zero-order valence-corrected chi connectivity index (χ0v) is 27.0. The number of rotatable bonds is 13. The number of methoxy groups -OCH3 is 2. The second-order valence-corrected chi connectivity index (χ2v) is 17.4.